The van der Waals surface area contributed by atoms with Crippen molar-refractivity contribution in [3.63, 3.8) is 0 Å². The minimum atomic E-state index is -0.490. The molecule has 2 N–H and O–H groups in total. The summed E-state index contributed by atoms with van der Waals surface area (Å²) in [6.45, 7) is 6.39. The number of nitrogens with one attached hydrogen (secondary N) is 2. The summed E-state index contributed by atoms with van der Waals surface area (Å²) in [5.41, 5.74) is 0. The lowest BCUT2D eigenvalue weighted by Gasteiger charge is -2.13. The maximum Gasteiger partial charge on any atom is 0.325 e. The van der Waals surface area contributed by atoms with Crippen LogP contribution in [0.15, 0.2) is 0 Å². The molecule has 1 saturated heterocycles. The van der Waals surface area contributed by atoms with Crippen LogP contribution in [0, 0.1) is 5.92 Å². The van der Waals surface area contributed by atoms with Gasteiger partial charge in [0.05, 0.1) is 0 Å². The Bertz CT molecular complexity index is 355. The van der Waals surface area contributed by atoms with Crippen molar-refractivity contribution in [1.82, 2.24) is 15.5 Å². The van der Waals surface area contributed by atoms with Gasteiger partial charge in [-0.05, 0) is 18.8 Å². The standard InChI is InChI=1S/C13H23N3O3/c1-4-5-6-14-11(17)8-16-12(18)10(7-9(2)3)15-13(16)19/h9-10H,4-8H2,1-3H3,(H,14,17)(H,15,19)/t10-/m0/s1. The Morgan fingerprint density at radius 2 is 2.11 bits per heavy atom. The van der Waals surface area contributed by atoms with Crippen LogP contribution in [0.3, 0.4) is 0 Å². The van der Waals surface area contributed by atoms with Crippen LogP contribution in [-0.2, 0) is 9.59 Å². The molecule has 1 aliphatic heterocycles. The summed E-state index contributed by atoms with van der Waals surface area (Å²) in [4.78, 5) is 36.2. The Labute approximate surface area is 113 Å². The molecule has 1 rings (SSSR count). The summed E-state index contributed by atoms with van der Waals surface area (Å²) >= 11 is 0. The van der Waals surface area contributed by atoms with Gasteiger partial charge < -0.3 is 10.6 Å². The lowest BCUT2D eigenvalue weighted by molar-refractivity contribution is -0.132. The van der Waals surface area contributed by atoms with Crippen LogP contribution in [0.2, 0.25) is 0 Å². The van der Waals surface area contributed by atoms with E-state index < -0.39 is 12.1 Å². The third-order valence-electron chi connectivity index (χ3n) is 2.97. The van der Waals surface area contributed by atoms with E-state index in [1.54, 1.807) is 0 Å². The van der Waals surface area contributed by atoms with Gasteiger partial charge in [0.1, 0.15) is 12.6 Å². The first-order valence-corrected chi connectivity index (χ1v) is 6.84. The van der Waals surface area contributed by atoms with Gasteiger partial charge in [-0.2, -0.15) is 0 Å². The van der Waals surface area contributed by atoms with Crippen LogP contribution in [0.1, 0.15) is 40.0 Å². The molecule has 19 heavy (non-hydrogen) atoms. The van der Waals surface area contributed by atoms with E-state index in [1.807, 2.05) is 20.8 Å². The minimum absolute atomic E-state index is 0.191. The van der Waals surface area contributed by atoms with Gasteiger partial charge in [-0.25, -0.2) is 4.79 Å². The Morgan fingerprint density at radius 3 is 2.68 bits per heavy atom. The van der Waals surface area contributed by atoms with Crippen LogP contribution in [0.4, 0.5) is 4.79 Å². The summed E-state index contributed by atoms with van der Waals surface area (Å²) in [5, 5.41) is 5.31. The van der Waals surface area contributed by atoms with Crippen molar-refractivity contribution in [3.8, 4) is 0 Å². The van der Waals surface area contributed by atoms with Gasteiger partial charge in [-0.3, -0.25) is 14.5 Å². The average Bonchev–Trinajstić information content (AvgIpc) is 2.56. The molecule has 0 aromatic rings. The molecule has 0 saturated carbocycles. The lowest BCUT2D eigenvalue weighted by Crippen LogP contribution is -2.41. The molecule has 108 valence electrons. The maximum absolute atomic E-state index is 12.0. The van der Waals surface area contributed by atoms with Crippen molar-refractivity contribution in [1.29, 1.82) is 0 Å². The average molecular weight is 269 g/mol. The highest BCUT2D eigenvalue weighted by atomic mass is 16.2. The molecule has 6 heteroatoms. The molecule has 4 amide bonds. The second kappa shape index (κ2) is 7.11. The van der Waals surface area contributed by atoms with Crippen LogP contribution in [0.5, 0.6) is 0 Å². The van der Waals surface area contributed by atoms with Gasteiger partial charge in [0.25, 0.3) is 5.91 Å². The van der Waals surface area contributed by atoms with Crippen LogP contribution in [-0.4, -0.2) is 41.9 Å². The zero-order valence-electron chi connectivity index (χ0n) is 11.9. The van der Waals surface area contributed by atoms with Gasteiger partial charge in [-0.15, -0.1) is 0 Å². The number of urea groups is 1. The molecule has 0 radical (unpaired) electrons. The summed E-state index contributed by atoms with van der Waals surface area (Å²) < 4.78 is 0. The quantitative estimate of drug-likeness (QED) is 0.531. The molecular weight excluding hydrogens is 246 g/mol. The first kappa shape index (κ1) is 15.5. The highest BCUT2D eigenvalue weighted by molar-refractivity contribution is 6.06. The lowest BCUT2D eigenvalue weighted by atomic mass is 10.0. The van der Waals surface area contributed by atoms with Crippen LogP contribution < -0.4 is 10.6 Å². The number of carbonyl (C=O) groups is 3. The Hall–Kier alpha value is -1.59. The number of amides is 4. The molecule has 0 unspecified atom stereocenters. The van der Waals surface area contributed by atoms with Crippen LogP contribution in [0.25, 0.3) is 0 Å². The summed E-state index contributed by atoms with van der Waals surface area (Å²) in [7, 11) is 0. The van der Waals surface area contributed by atoms with E-state index in [2.05, 4.69) is 10.6 Å². The van der Waals surface area contributed by atoms with Crippen molar-refractivity contribution < 1.29 is 14.4 Å². The number of imide groups is 1. The van der Waals surface area contributed by atoms with Gasteiger partial charge in [0.15, 0.2) is 0 Å². The molecule has 1 fully saturated rings. The number of unbranched alkanes of at least 4 members (excludes halogenated alkanes) is 1. The SMILES string of the molecule is CCCCNC(=O)CN1C(=O)N[C@@H](CC(C)C)C1=O. The first-order chi connectivity index (χ1) is 8.95. The van der Waals surface area contributed by atoms with Crippen molar-refractivity contribution in [3.05, 3.63) is 0 Å². The predicted octanol–water partition coefficient (Wildman–Crippen LogP) is 0.869. The normalized spacial score (nSPS) is 18.9. The fourth-order valence-corrected chi connectivity index (χ4v) is 1.96. The summed E-state index contributed by atoms with van der Waals surface area (Å²) in [5.74, 6) is -0.279. The Morgan fingerprint density at radius 1 is 1.42 bits per heavy atom. The Balaban J connectivity index is 2.47. The monoisotopic (exact) mass is 269 g/mol. The molecule has 6 nitrogen and oxygen atoms in total. The number of carbonyl (C=O) groups excluding carboxylic acids is 3. The second-order valence-corrected chi connectivity index (χ2v) is 5.26. The molecule has 0 aliphatic carbocycles. The molecular formula is C13H23N3O3. The first-order valence-electron chi connectivity index (χ1n) is 6.84. The topological polar surface area (TPSA) is 78.5 Å². The molecule has 0 aromatic carbocycles. The number of rotatable bonds is 7. The molecule has 1 aliphatic rings. The number of hydrogen-bond acceptors (Lipinski definition) is 3. The van der Waals surface area contributed by atoms with E-state index in [1.165, 1.54) is 0 Å². The highest BCUT2D eigenvalue weighted by Gasteiger charge is 2.38. The van der Waals surface area contributed by atoms with Crippen molar-refractivity contribution >= 4 is 17.8 Å². The third-order valence-corrected chi connectivity index (χ3v) is 2.97. The molecule has 0 spiro atoms. The third kappa shape index (κ3) is 4.54. The molecule has 0 bridgehead atoms. The summed E-state index contributed by atoms with van der Waals surface area (Å²) in [6.07, 6.45) is 2.47. The van der Waals surface area contributed by atoms with Crippen LogP contribution >= 0.6 is 0 Å². The molecule has 0 aromatic heterocycles. The van der Waals surface area contributed by atoms with Gasteiger partial charge >= 0.3 is 6.03 Å². The molecule has 1 heterocycles. The van der Waals surface area contributed by atoms with E-state index in [0.29, 0.717) is 18.9 Å². The Kier molecular flexibility index (Phi) is 5.79. The maximum atomic E-state index is 12.0. The summed E-state index contributed by atoms with van der Waals surface area (Å²) in [6, 6.07) is -0.961. The predicted molar refractivity (Wildman–Crippen MR) is 71.4 cm³/mol. The van der Waals surface area contributed by atoms with Gasteiger partial charge in [0, 0.05) is 6.54 Å². The number of hydrogen-bond donors (Lipinski definition) is 2. The van der Waals surface area contributed by atoms with E-state index in [-0.39, 0.29) is 18.4 Å². The largest absolute Gasteiger partial charge is 0.355 e. The number of nitrogens with zero attached hydrogens (tertiary/aromatic N) is 1. The van der Waals surface area contributed by atoms with Crippen molar-refractivity contribution in [2.75, 3.05) is 13.1 Å². The second-order valence-electron chi connectivity index (χ2n) is 5.26. The van der Waals surface area contributed by atoms with E-state index in [9.17, 15) is 14.4 Å². The van der Waals surface area contributed by atoms with E-state index >= 15 is 0 Å². The van der Waals surface area contributed by atoms with Crippen molar-refractivity contribution in [2.45, 2.75) is 46.1 Å². The smallest absolute Gasteiger partial charge is 0.325 e. The van der Waals surface area contributed by atoms with Gasteiger partial charge in [-0.1, -0.05) is 27.2 Å². The van der Waals surface area contributed by atoms with E-state index in [0.717, 1.165) is 17.7 Å². The van der Waals surface area contributed by atoms with E-state index in [4.69, 9.17) is 0 Å². The highest BCUT2D eigenvalue weighted by Crippen LogP contribution is 2.13. The van der Waals surface area contributed by atoms with Gasteiger partial charge in [0.2, 0.25) is 5.91 Å². The fourth-order valence-electron chi connectivity index (χ4n) is 1.96. The minimum Gasteiger partial charge on any atom is -0.355 e. The van der Waals surface area contributed by atoms with Crippen molar-refractivity contribution in [2.24, 2.45) is 5.92 Å². The molecule has 1 atom stereocenters. The zero-order chi connectivity index (χ0) is 14.4. The fraction of sp³-hybridized carbons (Fsp3) is 0.769. The zero-order valence-corrected chi connectivity index (χ0v) is 11.9.